The number of hydrogen-bond donors (Lipinski definition) is 1. The summed E-state index contributed by atoms with van der Waals surface area (Å²) >= 11 is 0. The Kier molecular flexibility index (Phi) is 5.61. The van der Waals surface area contributed by atoms with E-state index < -0.39 is 5.41 Å². The van der Waals surface area contributed by atoms with Crippen molar-refractivity contribution in [1.29, 1.82) is 0 Å². The van der Waals surface area contributed by atoms with Crippen LogP contribution in [-0.2, 0) is 23.2 Å². The number of rotatable bonds is 4. The molecule has 7 heteroatoms. The molecule has 1 aromatic carbocycles. The quantitative estimate of drug-likeness (QED) is 0.788. The molecule has 6 nitrogen and oxygen atoms in total. The third-order valence-electron chi connectivity index (χ3n) is 7.59. The standard InChI is InChI=1S/C25H32FN5O/c1-27-22-19-11-15-30(2)16-20(19)28-23(29-22)21-6-5-14-31(21)24(32)25(12-3-4-13-25)17-7-9-18(26)10-8-17/h7-10,21H,3-6,11-16H2,1-2H3,(H,27,28,29). The second-order valence-electron chi connectivity index (χ2n) is 9.55. The number of halogens is 1. The molecule has 2 fully saturated rings. The van der Waals surface area contributed by atoms with E-state index in [0.29, 0.717) is 0 Å². The van der Waals surface area contributed by atoms with Crippen molar-refractivity contribution in [3.05, 3.63) is 52.7 Å². The zero-order valence-electron chi connectivity index (χ0n) is 19.0. The summed E-state index contributed by atoms with van der Waals surface area (Å²) < 4.78 is 13.6. The van der Waals surface area contributed by atoms with E-state index >= 15 is 0 Å². The molecule has 1 saturated carbocycles. The number of fused-ring (bicyclic) bond motifs is 1. The number of carbonyl (C=O) groups is 1. The number of nitrogens with one attached hydrogen (secondary N) is 1. The van der Waals surface area contributed by atoms with Crippen LogP contribution >= 0.6 is 0 Å². The predicted molar refractivity (Wildman–Crippen MR) is 122 cm³/mol. The molecule has 1 aliphatic carbocycles. The number of anilines is 1. The summed E-state index contributed by atoms with van der Waals surface area (Å²) in [4.78, 5) is 28.3. The minimum absolute atomic E-state index is 0.106. The summed E-state index contributed by atoms with van der Waals surface area (Å²) in [5.74, 6) is 1.54. The lowest BCUT2D eigenvalue weighted by Gasteiger charge is -2.36. The lowest BCUT2D eigenvalue weighted by atomic mass is 9.77. The van der Waals surface area contributed by atoms with Crippen LogP contribution in [0.1, 0.15) is 67.2 Å². The van der Waals surface area contributed by atoms with E-state index in [9.17, 15) is 9.18 Å². The second-order valence-corrected chi connectivity index (χ2v) is 9.55. The van der Waals surface area contributed by atoms with Crippen LogP contribution < -0.4 is 5.32 Å². The number of likely N-dealkylation sites (N-methyl/N-ethyl adjacent to an activating group) is 1. The lowest BCUT2D eigenvalue weighted by molar-refractivity contribution is -0.138. The maximum Gasteiger partial charge on any atom is 0.233 e. The highest BCUT2D eigenvalue weighted by Crippen LogP contribution is 2.45. The van der Waals surface area contributed by atoms with Crippen LogP contribution in [0.2, 0.25) is 0 Å². The molecule has 0 spiro atoms. The molecule has 1 N–H and O–H groups in total. The number of nitrogens with zero attached hydrogens (tertiary/aromatic N) is 4. The van der Waals surface area contributed by atoms with E-state index in [1.54, 1.807) is 12.1 Å². The first-order valence-corrected chi connectivity index (χ1v) is 11.8. The molecule has 3 aliphatic rings. The maximum absolute atomic E-state index is 14.1. The van der Waals surface area contributed by atoms with E-state index in [-0.39, 0.29) is 17.8 Å². The van der Waals surface area contributed by atoms with Crippen LogP contribution in [-0.4, -0.2) is 52.9 Å². The fourth-order valence-electron chi connectivity index (χ4n) is 5.86. The average Bonchev–Trinajstić information content (AvgIpc) is 3.49. The highest BCUT2D eigenvalue weighted by atomic mass is 19.1. The fourth-order valence-corrected chi connectivity index (χ4v) is 5.86. The second kappa shape index (κ2) is 8.43. The molecule has 3 heterocycles. The lowest BCUT2D eigenvalue weighted by Crippen LogP contribution is -2.45. The number of carbonyl (C=O) groups excluding carboxylic acids is 1. The molecule has 2 aromatic rings. The summed E-state index contributed by atoms with van der Waals surface area (Å²) in [5.41, 5.74) is 2.65. The first-order valence-electron chi connectivity index (χ1n) is 11.8. The Bertz CT molecular complexity index is 1000. The van der Waals surface area contributed by atoms with E-state index in [4.69, 9.17) is 9.97 Å². The van der Waals surface area contributed by atoms with Crippen molar-refractivity contribution in [2.45, 2.75) is 62.9 Å². The van der Waals surface area contributed by atoms with E-state index in [0.717, 1.165) is 87.5 Å². The van der Waals surface area contributed by atoms with Gasteiger partial charge in [0.25, 0.3) is 0 Å². The van der Waals surface area contributed by atoms with Gasteiger partial charge < -0.3 is 15.1 Å². The number of amides is 1. The number of hydrogen-bond acceptors (Lipinski definition) is 5. The van der Waals surface area contributed by atoms with Gasteiger partial charge in [-0.1, -0.05) is 25.0 Å². The number of likely N-dealkylation sites (tertiary alicyclic amines) is 1. The van der Waals surface area contributed by atoms with Crippen molar-refractivity contribution in [3.63, 3.8) is 0 Å². The van der Waals surface area contributed by atoms with Crippen molar-refractivity contribution < 1.29 is 9.18 Å². The predicted octanol–water partition coefficient (Wildman–Crippen LogP) is 3.82. The Hall–Kier alpha value is -2.54. The van der Waals surface area contributed by atoms with Gasteiger partial charge in [-0.3, -0.25) is 4.79 Å². The molecule has 1 aromatic heterocycles. The molecule has 1 atom stereocenters. The van der Waals surface area contributed by atoms with Crippen molar-refractivity contribution >= 4 is 11.7 Å². The van der Waals surface area contributed by atoms with Crippen LogP contribution in [0.25, 0.3) is 0 Å². The first-order chi connectivity index (χ1) is 15.5. The number of aromatic nitrogens is 2. The van der Waals surface area contributed by atoms with Crippen LogP contribution in [0, 0.1) is 5.82 Å². The zero-order valence-corrected chi connectivity index (χ0v) is 19.0. The third kappa shape index (κ3) is 3.56. The molecular formula is C25H32FN5O. The summed E-state index contributed by atoms with van der Waals surface area (Å²) in [6.07, 6.45) is 6.44. The van der Waals surface area contributed by atoms with Crippen LogP contribution in [0.4, 0.5) is 10.2 Å². The topological polar surface area (TPSA) is 61.4 Å². The average molecular weight is 438 g/mol. The Morgan fingerprint density at radius 2 is 1.88 bits per heavy atom. The van der Waals surface area contributed by atoms with E-state index in [1.807, 2.05) is 11.9 Å². The smallest absolute Gasteiger partial charge is 0.233 e. The summed E-state index contributed by atoms with van der Waals surface area (Å²) in [5, 5.41) is 3.26. The zero-order chi connectivity index (χ0) is 22.3. The minimum atomic E-state index is -0.559. The third-order valence-corrected chi connectivity index (χ3v) is 7.59. The summed E-state index contributed by atoms with van der Waals surface area (Å²) in [6.45, 7) is 2.53. The van der Waals surface area contributed by atoms with Gasteiger partial charge in [-0.15, -0.1) is 0 Å². The van der Waals surface area contributed by atoms with Gasteiger partial charge in [0, 0.05) is 32.2 Å². The monoisotopic (exact) mass is 437 g/mol. The molecule has 32 heavy (non-hydrogen) atoms. The maximum atomic E-state index is 14.1. The van der Waals surface area contributed by atoms with E-state index in [1.165, 1.54) is 17.7 Å². The summed E-state index contributed by atoms with van der Waals surface area (Å²) in [7, 11) is 4.02. The summed E-state index contributed by atoms with van der Waals surface area (Å²) in [6, 6.07) is 6.45. The highest BCUT2D eigenvalue weighted by Gasteiger charge is 2.48. The van der Waals surface area contributed by atoms with Gasteiger partial charge in [0.15, 0.2) is 5.82 Å². The van der Waals surface area contributed by atoms with Gasteiger partial charge in [-0.25, -0.2) is 14.4 Å². The molecule has 170 valence electrons. The first kappa shape index (κ1) is 21.3. The molecule has 1 saturated heterocycles. The van der Waals surface area contributed by atoms with Crippen molar-refractivity contribution in [2.75, 3.05) is 32.5 Å². The van der Waals surface area contributed by atoms with Gasteiger partial charge in [-0.05, 0) is 56.8 Å². The van der Waals surface area contributed by atoms with Crippen molar-refractivity contribution in [1.82, 2.24) is 19.8 Å². The minimum Gasteiger partial charge on any atom is -0.373 e. The van der Waals surface area contributed by atoms with Crippen LogP contribution in [0.15, 0.2) is 24.3 Å². The Morgan fingerprint density at radius 3 is 2.59 bits per heavy atom. The SMILES string of the molecule is CNc1nc(C2CCCN2C(=O)C2(c3ccc(F)cc3)CCCC2)nc2c1CCN(C)C2. The highest BCUT2D eigenvalue weighted by molar-refractivity contribution is 5.89. The van der Waals surface area contributed by atoms with Gasteiger partial charge in [0.05, 0.1) is 17.2 Å². The Balaban J connectivity index is 1.50. The molecular weight excluding hydrogens is 405 g/mol. The van der Waals surface area contributed by atoms with Crippen LogP contribution in [0.5, 0.6) is 0 Å². The normalized spacial score (nSPS) is 22.7. The van der Waals surface area contributed by atoms with Crippen molar-refractivity contribution in [2.24, 2.45) is 0 Å². The van der Waals surface area contributed by atoms with Gasteiger partial charge >= 0.3 is 0 Å². The molecule has 2 aliphatic heterocycles. The molecule has 0 bridgehead atoms. The largest absolute Gasteiger partial charge is 0.373 e. The fraction of sp³-hybridized carbons (Fsp3) is 0.560. The molecule has 1 amide bonds. The Labute approximate surface area is 189 Å². The molecule has 5 rings (SSSR count). The van der Waals surface area contributed by atoms with Gasteiger partial charge in [0.1, 0.15) is 11.6 Å². The van der Waals surface area contributed by atoms with Gasteiger partial charge in [0.2, 0.25) is 5.91 Å². The number of benzene rings is 1. The van der Waals surface area contributed by atoms with Crippen molar-refractivity contribution in [3.8, 4) is 0 Å². The van der Waals surface area contributed by atoms with Gasteiger partial charge in [-0.2, -0.15) is 0 Å². The molecule has 0 radical (unpaired) electrons. The Morgan fingerprint density at radius 1 is 1.12 bits per heavy atom. The van der Waals surface area contributed by atoms with E-state index in [2.05, 4.69) is 17.3 Å². The van der Waals surface area contributed by atoms with Crippen LogP contribution in [0.3, 0.4) is 0 Å². The molecule has 1 unspecified atom stereocenters.